The van der Waals surface area contributed by atoms with Crippen LogP contribution in [-0.4, -0.2) is 22.0 Å². The highest BCUT2D eigenvalue weighted by Crippen LogP contribution is 2.14. The van der Waals surface area contributed by atoms with Crippen LogP contribution in [-0.2, 0) is 0 Å². The van der Waals surface area contributed by atoms with Gasteiger partial charge >= 0.3 is 5.97 Å². The average molecular weight is 274 g/mol. The van der Waals surface area contributed by atoms with Gasteiger partial charge in [-0.25, -0.2) is 14.2 Å². The highest BCUT2D eigenvalue weighted by Gasteiger charge is 2.10. The maximum absolute atomic E-state index is 13.2. The SMILES string of the molecule is Cc1cc(F)cc(NC(=O)c2ccc(C(=O)O)nc2)c1. The molecular formula is C14H11FN2O3. The lowest BCUT2D eigenvalue weighted by Gasteiger charge is -2.06. The number of aromatic carboxylic acids is 1. The van der Waals surface area contributed by atoms with Gasteiger partial charge in [0.25, 0.3) is 5.91 Å². The number of pyridine rings is 1. The van der Waals surface area contributed by atoms with E-state index in [-0.39, 0.29) is 11.3 Å². The van der Waals surface area contributed by atoms with Gasteiger partial charge in [0.1, 0.15) is 11.5 Å². The number of halogens is 1. The summed E-state index contributed by atoms with van der Waals surface area (Å²) < 4.78 is 13.2. The molecule has 1 aromatic heterocycles. The number of rotatable bonds is 3. The number of carboxylic acids is 1. The van der Waals surface area contributed by atoms with Gasteiger partial charge in [-0.05, 0) is 42.8 Å². The van der Waals surface area contributed by atoms with E-state index in [0.717, 1.165) is 6.20 Å². The maximum Gasteiger partial charge on any atom is 0.354 e. The Kier molecular flexibility index (Phi) is 3.74. The topological polar surface area (TPSA) is 79.3 Å². The number of nitrogens with zero attached hydrogens (tertiary/aromatic N) is 1. The second-order valence-electron chi connectivity index (χ2n) is 4.21. The van der Waals surface area contributed by atoms with Crippen molar-refractivity contribution in [2.24, 2.45) is 0 Å². The van der Waals surface area contributed by atoms with E-state index in [1.54, 1.807) is 13.0 Å². The second kappa shape index (κ2) is 5.48. The lowest BCUT2D eigenvalue weighted by atomic mass is 10.2. The van der Waals surface area contributed by atoms with Crippen molar-refractivity contribution >= 4 is 17.6 Å². The summed E-state index contributed by atoms with van der Waals surface area (Å²) in [5, 5.41) is 11.2. The van der Waals surface area contributed by atoms with Gasteiger partial charge in [0.15, 0.2) is 0 Å². The van der Waals surface area contributed by atoms with E-state index in [9.17, 15) is 14.0 Å². The number of amides is 1. The monoisotopic (exact) mass is 274 g/mol. The molecule has 0 saturated heterocycles. The van der Waals surface area contributed by atoms with E-state index in [4.69, 9.17) is 5.11 Å². The van der Waals surface area contributed by atoms with E-state index in [1.165, 1.54) is 24.3 Å². The predicted molar refractivity (Wildman–Crippen MR) is 70.3 cm³/mol. The molecule has 2 rings (SSSR count). The number of anilines is 1. The van der Waals surface area contributed by atoms with Crippen molar-refractivity contribution in [1.82, 2.24) is 4.98 Å². The molecule has 0 aliphatic rings. The highest BCUT2D eigenvalue weighted by atomic mass is 19.1. The van der Waals surface area contributed by atoms with Gasteiger partial charge in [0.05, 0.1) is 5.56 Å². The van der Waals surface area contributed by atoms with E-state index < -0.39 is 17.7 Å². The standard InChI is InChI=1S/C14H11FN2O3/c1-8-4-10(15)6-11(5-8)17-13(18)9-2-3-12(14(19)20)16-7-9/h2-7H,1H3,(H,17,18)(H,19,20). The van der Waals surface area contributed by atoms with Crippen molar-refractivity contribution in [3.8, 4) is 0 Å². The Bertz CT molecular complexity index is 648. The number of carboxylic acid groups (broad SMARTS) is 1. The molecular weight excluding hydrogens is 263 g/mol. The summed E-state index contributed by atoms with van der Waals surface area (Å²) in [6.07, 6.45) is 1.16. The minimum absolute atomic E-state index is 0.150. The predicted octanol–water partition coefficient (Wildman–Crippen LogP) is 2.48. The normalized spacial score (nSPS) is 10.1. The molecule has 0 spiro atoms. The van der Waals surface area contributed by atoms with E-state index >= 15 is 0 Å². The number of aryl methyl sites for hydroxylation is 1. The lowest BCUT2D eigenvalue weighted by Crippen LogP contribution is -2.13. The molecule has 6 heteroatoms. The molecule has 0 atom stereocenters. The van der Waals surface area contributed by atoms with Crippen LogP contribution < -0.4 is 5.32 Å². The van der Waals surface area contributed by atoms with Gasteiger partial charge in [-0.3, -0.25) is 4.79 Å². The first kappa shape index (κ1) is 13.7. The number of aromatic nitrogens is 1. The smallest absolute Gasteiger partial charge is 0.354 e. The Hall–Kier alpha value is -2.76. The Labute approximate surface area is 114 Å². The fourth-order valence-electron chi connectivity index (χ4n) is 1.67. The third kappa shape index (κ3) is 3.17. The molecule has 1 heterocycles. The molecule has 2 aromatic rings. The summed E-state index contributed by atoms with van der Waals surface area (Å²) in [7, 11) is 0. The summed E-state index contributed by atoms with van der Waals surface area (Å²) in [6.45, 7) is 1.71. The van der Waals surface area contributed by atoms with Gasteiger partial charge < -0.3 is 10.4 Å². The lowest BCUT2D eigenvalue weighted by molar-refractivity contribution is 0.0690. The fourth-order valence-corrected chi connectivity index (χ4v) is 1.67. The second-order valence-corrected chi connectivity index (χ2v) is 4.21. The number of carbonyl (C=O) groups excluding carboxylic acids is 1. The van der Waals surface area contributed by atoms with Gasteiger partial charge in [0.2, 0.25) is 0 Å². The number of hydrogen-bond donors (Lipinski definition) is 2. The summed E-state index contributed by atoms with van der Waals surface area (Å²) in [5.41, 5.74) is 1.05. The zero-order valence-electron chi connectivity index (χ0n) is 10.6. The van der Waals surface area contributed by atoms with Crippen LogP contribution in [0.1, 0.15) is 26.4 Å². The summed E-state index contributed by atoms with van der Waals surface area (Å²) >= 11 is 0. The molecule has 0 radical (unpaired) electrons. The minimum Gasteiger partial charge on any atom is -0.477 e. The minimum atomic E-state index is -1.17. The quantitative estimate of drug-likeness (QED) is 0.901. The van der Waals surface area contributed by atoms with Gasteiger partial charge in [-0.2, -0.15) is 0 Å². The van der Waals surface area contributed by atoms with Crippen molar-refractivity contribution in [2.45, 2.75) is 6.92 Å². The molecule has 0 bridgehead atoms. The van der Waals surface area contributed by atoms with Crippen LogP contribution in [0.2, 0.25) is 0 Å². The van der Waals surface area contributed by atoms with E-state index in [0.29, 0.717) is 11.3 Å². The number of benzene rings is 1. The number of hydrogen-bond acceptors (Lipinski definition) is 3. The van der Waals surface area contributed by atoms with Crippen LogP contribution in [0, 0.1) is 12.7 Å². The third-order valence-electron chi connectivity index (χ3n) is 2.54. The van der Waals surface area contributed by atoms with Crippen molar-refractivity contribution in [2.75, 3.05) is 5.32 Å². The van der Waals surface area contributed by atoms with Crippen molar-refractivity contribution in [3.63, 3.8) is 0 Å². The zero-order chi connectivity index (χ0) is 14.7. The molecule has 0 aliphatic heterocycles. The Morgan fingerprint density at radius 2 is 2.00 bits per heavy atom. The van der Waals surface area contributed by atoms with E-state index in [1.807, 2.05) is 0 Å². The summed E-state index contributed by atoms with van der Waals surface area (Å²) in [5.74, 6) is -2.10. The Morgan fingerprint density at radius 1 is 1.25 bits per heavy atom. The molecule has 0 fully saturated rings. The fraction of sp³-hybridized carbons (Fsp3) is 0.0714. The molecule has 102 valence electrons. The Balaban J connectivity index is 2.17. The molecule has 0 unspecified atom stereocenters. The first-order valence-corrected chi connectivity index (χ1v) is 5.73. The van der Waals surface area contributed by atoms with Crippen LogP contribution in [0.4, 0.5) is 10.1 Å². The zero-order valence-corrected chi connectivity index (χ0v) is 10.6. The molecule has 0 saturated carbocycles. The summed E-state index contributed by atoms with van der Waals surface area (Å²) in [6, 6.07) is 6.74. The molecule has 20 heavy (non-hydrogen) atoms. The molecule has 1 amide bonds. The maximum atomic E-state index is 13.2. The molecule has 1 aromatic carbocycles. The largest absolute Gasteiger partial charge is 0.477 e. The Morgan fingerprint density at radius 3 is 2.55 bits per heavy atom. The van der Waals surface area contributed by atoms with Crippen molar-refractivity contribution in [3.05, 3.63) is 59.2 Å². The van der Waals surface area contributed by atoms with Crippen LogP contribution in [0.25, 0.3) is 0 Å². The van der Waals surface area contributed by atoms with Gasteiger partial charge in [-0.1, -0.05) is 0 Å². The van der Waals surface area contributed by atoms with Gasteiger partial charge in [0, 0.05) is 11.9 Å². The number of nitrogens with one attached hydrogen (secondary N) is 1. The van der Waals surface area contributed by atoms with Gasteiger partial charge in [-0.15, -0.1) is 0 Å². The third-order valence-corrected chi connectivity index (χ3v) is 2.54. The molecule has 5 nitrogen and oxygen atoms in total. The van der Waals surface area contributed by atoms with Crippen molar-refractivity contribution in [1.29, 1.82) is 0 Å². The van der Waals surface area contributed by atoms with E-state index in [2.05, 4.69) is 10.3 Å². The molecule has 0 aliphatic carbocycles. The molecule has 2 N–H and O–H groups in total. The summed E-state index contributed by atoms with van der Waals surface area (Å²) in [4.78, 5) is 26.2. The number of carbonyl (C=O) groups is 2. The highest BCUT2D eigenvalue weighted by molar-refractivity contribution is 6.04. The van der Waals surface area contributed by atoms with Crippen LogP contribution in [0.15, 0.2) is 36.5 Å². The average Bonchev–Trinajstić information content (AvgIpc) is 2.37. The first-order valence-electron chi connectivity index (χ1n) is 5.73. The van der Waals surface area contributed by atoms with Crippen LogP contribution in [0.3, 0.4) is 0 Å². The van der Waals surface area contributed by atoms with Crippen LogP contribution in [0.5, 0.6) is 0 Å². The van der Waals surface area contributed by atoms with Crippen LogP contribution >= 0.6 is 0 Å². The first-order chi connectivity index (χ1) is 9.45. The van der Waals surface area contributed by atoms with Crippen molar-refractivity contribution < 1.29 is 19.1 Å².